The fourth-order valence-electron chi connectivity index (χ4n) is 1.79. The number of halogens is 2. The maximum Gasteiger partial charge on any atom is 0.180 e. The van der Waals surface area contributed by atoms with Gasteiger partial charge < -0.3 is 15.2 Å². The van der Waals surface area contributed by atoms with E-state index in [2.05, 4.69) is 15.9 Å². The van der Waals surface area contributed by atoms with E-state index < -0.39 is 5.82 Å². The number of aryl methyl sites for hydroxylation is 1. The summed E-state index contributed by atoms with van der Waals surface area (Å²) in [5, 5.41) is 0. The van der Waals surface area contributed by atoms with E-state index in [0.29, 0.717) is 21.5 Å². The van der Waals surface area contributed by atoms with E-state index in [1.807, 2.05) is 19.1 Å². The first kappa shape index (κ1) is 14.8. The van der Waals surface area contributed by atoms with Crippen LogP contribution in [-0.4, -0.2) is 7.11 Å². The number of nitrogens with two attached hydrogens (primary N) is 1. The molecule has 0 atom stereocenters. The van der Waals surface area contributed by atoms with Gasteiger partial charge in [-0.2, -0.15) is 0 Å². The maximum absolute atomic E-state index is 14.2. The number of ether oxygens (including phenoxy) is 2. The highest BCUT2D eigenvalue weighted by atomic mass is 79.9. The Morgan fingerprint density at radius 3 is 2.50 bits per heavy atom. The number of rotatable bonds is 4. The zero-order chi connectivity index (χ0) is 14.7. The minimum Gasteiger partial charge on any atom is -0.493 e. The molecule has 2 aromatic rings. The van der Waals surface area contributed by atoms with Crippen molar-refractivity contribution in [3.8, 4) is 17.2 Å². The van der Waals surface area contributed by atoms with E-state index in [1.54, 1.807) is 25.3 Å². The molecule has 0 saturated carbocycles. The summed E-state index contributed by atoms with van der Waals surface area (Å²) < 4.78 is 25.3. The quantitative estimate of drug-likeness (QED) is 0.909. The Morgan fingerprint density at radius 1 is 1.15 bits per heavy atom. The van der Waals surface area contributed by atoms with Gasteiger partial charge in [0, 0.05) is 6.54 Å². The summed E-state index contributed by atoms with van der Waals surface area (Å²) in [6.07, 6.45) is 0. The van der Waals surface area contributed by atoms with E-state index in [1.165, 1.54) is 0 Å². The highest BCUT2D eigenvalue weighted by molar-refractivity contribution is 9.10. The van der Waals surface area contributed by atoms with Crippen molar-refractivity contribution in [3.63, 3.8) is 0 Å². The Morgan fingerprint density at radius 2 is 1.85 bits per heavy atom. The SMILES string of the molecule is COc1cc(C)ccc1Oc1ccc(CN)c(Br)c1F. The lowest BCUT2D eigenvalue weighted by atomic mass is 10.2. The lowest BCUT2D eigenvalue weighted by Crippen LogP contribution is -2.00. The van der Waals surface area contributed by atoms with E-state index in [0.717, 1.165) is 5.56 Å². The molecule has 0 bridgehead atoms. The minimum atomic E-state index is -0.476. The molecule has 2 rings (SSSR count). The topological polar surface area (TPSA) is 44.5 Å². The van der Waals surface area contributed by atoms with Crippen molar-refractivity contribution in [2.75, 3.05) is 7.11 Å². The molecule has 2 N–H and O–H groups in total. The van der Waals surface area contributed by atoms with Gasteiger partial charge in [0.25, 0.3) is 0 Å². The highest BCUT2D eigenvalue weighted by Crippen LogP contribution is 2.36. The Balaban J connectivity index is 2.38. The summed E-state index contributed by atoms with van der Waals surface area (Å²) in [5.74, 6) is 0.666. The largest absolute Gasteiger partial charge is 0.493 e. The summed E-state index contributed by atoms with van der Waals surface area (Å²) >= 11 is 3.19. The lowest BCUT2D eigenvalue weighted by molar-refractivity contribution is 0.370. The highest BCUT2D eigenvalue weighted by Gasteiger charge is 2.14. The average Bonchev–Trinajstić information content (AvgIpc) is 2.45. The van der Waals surface area contributed by atoms with Crippen LogP contribution in [0.3, 0.4) is 0 Å². The van der Waals surface area contributed by atoms with Crippen LogP contribution in [-0.2, 0) is 6.54 Å². The van der Waals surface area contributed by atoms with Crippen molar-refractivity contribution in [3.05, 3.63) is 51.7 Å². The summed E-state index contributed by atoms with van der Waals surface area (Å²) in [4.78, 5) is 0. The molecule has 5 heteroatoms. The Hall–Kier alpha value is -1.59. The molecular weight excluding hydrogens is 325 g/mol. The molecule has 0 aromatic heterocycles. The van der Waals surface area contributed by atoms with Crippen LogP contribution in [0.1, 0.15) is 11.1 Å². The molecule has 0 fully saturated rings. The number of hydrogen-bond donors (Lipinski definition) is 1. The van der Waals surface area contributed by atoms with E-state index in [-0.39, 0.29) is 12.3 Å². The van der Waals surface area contributed by atoms with Gasteiger partial charge in [-0.1, -0.05) is 12.1 Å². The van der Waals surface area contributed by atoms with Gasteiger partial charge in [0.05, 0.1) is 11.6 Å². The molecule has 0 heterocycles. The molecule has 0 amide bonds. The van der Waals surface area contributed by atoms with Crippen LogP contribution in [0.15, 0.2) is 34.8 Å². The second-order valence-electron chi connectivity index (χ2n) is 4.31. The van der Waals surface area contributed by atoms with Gasteiger partial charge in [-0.3, -0.25) is 0 Å². The van der Waals surface area contributed by atoms with Gasteiger partial charge in [-0.15, -0.1) is 0 Å². The van der Waals surface area contributed by atoms with Crippen LogP contribution in [0.2, 0.25) is 0 Å². The van der Waals surface area contributed by atoms with Crippen molar-refractivity contribution >= 4 is 15.9 Å². The molecule has 0 aliphatic heterocycles. The Labute approximate surface area is 125 Å². The first-order valence-electron chi connectivity index (χ1n) is 6.06. The summed E-state index contributed by atoms with van der Waals surface area (Å²) in [7, 11) is 1.55. The minimum absolute atomic E-state index is 0.122. The third kappa shape index (κ3) is 2.94. The number of hydrogen-bond acceptors (Lipinski definition) is 3. The number of benzene rings is 2. The summed E-state index contributed by atoms with van der Waals surface area (Å²) in [6, 6.07) is 8.73. The molecule has 0 saturated heterocycles. The molecule has 0 aliphatic rings. The zero-order valence-corrected chi connectivity index (χ0v) is 12.8. The molecule has 0 radical (unpaired) electrons. The van der Waals surface area contributed by atoms with Gasteiger partial charge in [-0.05, 0) is 52.2 Å². The van der Waals surface area contributed by atoms with Crippen LogP contribution in [0, 0.1) is 12.7 Å². The van der Waals surface area contributed by atoms with E-state index in [4.69, 9.17) is 15.2 Å². The normalized spacial score (nSPS) is 10.4. The first-order chi connectivity index (χ1) is 9.56. The van der Waals surface area contributed by atoms with Crippen LogP contribution in [0.25, 0.3) is 0 Å². The predicted molar refractivity (Wildman–Crippen MR) is 79.8 cm³/mol. The first-order valence-corrected chi connectivity index (χ1v) is 6.85. The summed E-state index contributed by atoms with van der Waals surface area (Å²) in [5.41, 5.74) is 7.25. The second-order valence-corrected chi connectivity index (χ2v) is 5.10. The smallest absolute Gasteiger partial charge is 0.180 e. The molecule has 0 unspecified atom stereocenters. The summed E-state index contributed by atoms with van der Waals surface area (Å²) in [6.45, 7) is 2.20. The predicted octanol–water partition coefficient (Wildman–Crippen LogP) is 4.16. The fraction of sp³-hybridized carbons (Fsp3) is 0.200. The lowest BCUT2D eigenvalue weighted by Gasteiger charge is -2.13. The average molecular weight is 340 g/mol. The van der Waals surface area contributed by atoms with Crippen molar-refractivity contribution in [2.24, 2.45) is 5.73 Å². The van der Waals surface area contributed by atoms with Gasteiger partial charge in [0.1, 0.15) is 0 Å². The third-order valence-electron chi connectivity index (χ3n) is 2.89. The molecule has 20 heavy (non-hydrogen) atoms. The standard InChI is InChI=1S/C15H15BrFNO2/c1-9-3-5-11(13(7-9)19-2)20-12-6-4-10(8-18)14(16)15(12)17/h3-7H,8,18H2,1-2H3. The van der Waals surface area contributed by atoms with Crippen molar-refractivity contribution in [2.45, 2.75) is 13.5 Å². The maximum atomic E-state index is 14.2. The second kappa shape index (κ2) is 6.24. The van der Waals surface area contributed by atoms with Crippen molar-refractivity contribution in [1.29, 1.82) is 0 Å². The molecule has 106 valence electrons. The molecule has 0 spiro atoms. The molecule has 2 aromatic carbocycles. The Kier molecular flexibility index (Phi) is 4.62. The molecule has 0 aliphatic carbocycles. The van der Waals surface area contributed by atoms with Gasteiger partial charge >= 0.3 is 0 Å². The monoisotopic (exact) mass is 339 g/mol. The van der Waals surface area contributed by atoms with Crippen LogP contribution in [0.5, 0.6) is 17.2 Å². The number of methoxy groups -OCH3 is 1. The van der Waals surface area contributed by atoms with Crippen molar-refractivity contribution < 1.29 is 13.9 Å². The van der Waals surface area contributed by atoms with Crippen LogP contribution < -0.4 is 15.2 Å². The van der Waals surface area contributed by atoms with Gasteiger partial charge in [0.15, 0.2) is 23.1 Å². The molecule has 3 nitrogen and oxygen atoms in total. The van der Waals surface area contributed by atoms with Crippen LogP contribution in [0.4, 0.5) is 4.39 Å². The Bertz CT molecular complexity index is 632. The van der Waals surface area contributed by atoms with Gasteiger partial charge in [0.2, 0.25) is 0 Å². The van der Waals surface area contributed by atoms with E-state index >= 15 is 0 Å². The van der Waals surface area contributed by atoms with Crippen LogP contribution >= 0.6 is 15.9 Å². The van der Waals surface area contributed by atoms with E-state index in [9.17, 15) is 4.39 Å². The fourth-order valence-corrected chi connectivity index (χ4v) is 2.28. The third-order valence-corrected chi connectivity index (χ3v) is 3.74. The molecular formula is C15H15BrFNO2. The zero-order valence-electron chi connectivity index (χ0n) is 11.2. The van der Waals surface area contributed by atoms with Gasteiger partial charge in [-0.25, -0.2) is 4.39 Å². The van der Waals surface area contributed by atoms with Crippen molar-refractivity contribution in [1.82, 2.24) is 0 Å².